The third-order valence-corrected chi connectivity index (χ3v) is 3.14. The fraction of sp³-hybridized carbons (Fsp3) is 1.00. The van der Waals surface area contributed by atoms with Crippen molar-refractivity contribution in [3.8, 4) is 0 Å². The summed E-state index contributed by atoms with van der Waals surface area (Å²) in [6.07, 6.45) is 4.97. The first-order chi connectivity index (χ1) is 6.29. The zero-order valence-electron chi connectivity index (χ0n) is 8.30. The average molecular weight is 184 g/mol. The van der Waals surface area contributed by atoms with Crippen LogP contribution in [0.1, 0.15) is 25.7 Å². The molecule has 0 aromatic carbocycles. The van der Waals surface area contributed by atoms with Crippen LogP contribution in [0.3, 0.4) is 0 Å². The molecule has 3 nitrogen and oxygen atoms in total. The molecule has 0 aromatic heterocycles. The molecule has 13 heavy (non-hydrogen) atoms. The second kappa shape index (κ2) is 3.95. The van der Waals surface area contributed by atoms with Gasteiger partial charge in [-0.15, -0.1) is 0 Å². The van der Waals surface area contributed by atoms with Crippen molar-refractivity contribution in [1.82, 2.24) is 4.90 Å². The number of nitrogens with zero attached hydrogens (tertiary/aromatic N) is 1. The maximum absolute atomic E-state index is 6.02. The number of ether oxygens (including phenoxy) is 1. The lowest BCUT2D eigenvalue weighted by atomic mass is 10.1. The van der Waals surface area contributed by atoms with Crippen LogP contribution in [0.25, 0.3) is 0 Å². The Bertz CT molecular complexity index is 162. The predicted molar refractivity (Wildman–Crippen MR) is 52.6 cm³/mol. The van der Waals surface area contributed by atoms with E-state index in [1.807, 2.05) is 0 Å². The standard InChI is InChI=1S/C10H20N2O/c11-10(3-4-10)2-1-5-12-6-8-13-9-7-12/h1-9,11H2. The zero-order chi connectivity index (χ0) is 9.15. The number of morpholine rings is 1. The van der Waals surface area contributed by atoms with E-state index in [4.69, 9.17) is 10.5 Å². The van der Waals surface area contributed by atoms with Crippen LogP contribution in [0.2, 0.25) is 0 Å². The third kappa shape index (κ3) is 2.93. The summed E-state index contributed by atoms with van der Waals surface area (Å²) in [6.45, 7) is 5.25. The molecule has 3 heteroatoms. The highest BCUT2D eigenvalue weighted by Crippen LogP contribution is 2.36. The fourth-order valence-corrected chi connectivity index (χ4v) is 1.89. The molecule has 0 bridgehead atoms. The molecule has 0 atom stereocenters. The van der Waals surface area contributed by atoms with Gasteiger partial charge in [-0.05, 0) is 32.2 Å². The first-order valence-corrected chi connectivity index (χ1v) is 5.38. The lowest BCUT2D eigenvalue weighted by Gasteiger charge is -2.26. The summed E-state index contributed by atoms with van der Waals surface area (Å²) in [4.78, 5) is 2.48. The molecule has 1 saturated heterocycles. The average Bonchev–Trinajstić information content (AvgIpc) is 2.86. The van der Waals surface area contributed by atoms with Crippen LogP contribution in [0, 0.1) is 0 Å². The number of hydrogen-bond donors (Lipinski definition) is 1. The van der Waals surface area contributed by atoms with Crippen molar-refractivity contribution in [2.24, 2.45) is 5.73 Å². The van der Waals surface area contributed by atoms with E-state index in [1.54, 1.807) is 0 Å². The minimum atomic E-state index is 0.242. The molecule has 1 saturated carbocycles. The highest BCUT2D eigenvalue weighted by molar-refractivity contribution is 4.98. The predicted octanol–water partition coefficient (Wildman–Crippen LogP) is 0.590. The van der Waals surface area contributed by atoms with Crippen LogP contribution >= 0.6 is 0 Å². The van der Waals surface area contributed by atoms with E-state index in [2.05, 4.69) is 4.90 Å². The first kappa shape index (κ1) is 9.44. The lowest BCUT2D eigenvalue weighted by molar-refractivity contribution is 0.0369. The fourth-order valence-electron chi connectivity index (χ4n) is 1.89. The Kier molecular flexibility index (Phi) is 2.86. The Morgan fingerprint density at radius 3 is 2.54 bits per heavy atom. The Balaban J connectivity index is 1.56. The molecule has 0 unspecified atom stereocenters. The van der Waals surface area contributed by atoms with Crippen LogP contribution in [0.5, 0.6) is 0 Å². The summed E-state index contributed by atoms with van der Waals surface area (Å²) in [5.41, 5.74) is 6.26. The van der Waals surface area contributed by atoms with Gasteiger partial charge in [-0.3, -0.25) is 4.90 Å². The van der Waals surface area contributed by atoms with E-state index in [-0.39, 0.29) is 5.54 Å². The SMILES string of the molecule is NC1(CCCN2CCOCC2)CC1. The lowest BCUT2D eigenvalue weighted by Crippen LogP contribution is -2.37. The van der Waals surface area contributed by atoms with Crippen LogP contribution < -0.4 is 5.73 Å². The second-order valence-electron chi connectivity index (χ2n) is 4.42. The molecular formula is C10H20N2O. The summed E-state index contributed by atoms with van der Waals surface area (Å²) in [7, 11) is 0. The molecule has 76 valence electrons. The smallest absolute Gasteiger partial charge is 0.0594 e. The molecular weight excluding hydrogens is 164 g/mol. The van der Waals surface area contributed by atoms with Gasteiger partial charge in [-0.25, -0.2) is 0 Å². The van der Waals surface area contributed by atoms with Gasteiger partial charge in [0, 0.05) is 18.6 Å². The van der Waals surface area contributed by atoms with Crippen molar-refractivity contribution in [2.45, 2.75) is 31.2 Å². The first-order valence-electron chi connectivity index (χ1n) is 5.38. The molecule has 1 aliphatic carbocycles. The van der Waals surface area contributed by atoms with E-state index in [9.17, 15) is 0 Å². The summed E-state index contributed by atoms with van der Waals surface area (Å²) in [5, 5.41) is 0. The number of rotatable bonds is 4. The number of hydrogen-bond acceptors (Lipinski definition) is 3. The van der Waals surface area contributed by atoms with Gasteiger partial charge in [0.2, 0.25) is 0 Å². The van der Waals surface area contributed by atoms with Gasteiger partial charge in [0.15, 0.2) is 0 Å². The van der Waals surface area contributed by atoms with E-state index in [1.165, 1.54) is 32.2 Å². The van der Waals surface area contributed by atoms with Gasteiger partial charge in [-0.2, -0.15) is 0 Å². The molecule has 0 aromatic rings. The summed E-state index contributed by atoms with van der Waals surface area (Å²) in [5.74, 6) is 0. The van der Waals surface area contributed by atoms with E-state index in [0.717, 1.165) is 26.3 Å². The van der Waals surface area contributed by atoms with Gasteiger partial charge >= 0.3 is 0 Å². The summed E-state index contributed by atoms with van der Waals surface area (Å²) >= 11 is 0. The highest BCUT2D eigenvalue weighted by atomic mass is 16.5. The molecule has 0 spiro atoms. The summed E-state index contributed by atoms with van der Waals surface area (Å²) in [6, 6.07) is 0. The van der Waals surface area contributed by atoms with Gasteiger partial charge in [0.1, 0.15) is 0 Å². The normalized spacial score (nSPS) is 27.5. The maximum atomic E-state index is 6.02. The zero-order valence-corrected chi connectivity index (χ0v) is 8.30. The molecule has 2 fully saturated rings. The van der Waals surface area contributed by atoms with Gasteiger partial charge in [0.05, 0.1) is 13.2 Å². The van der Waals surface area contributed by atoms with Crippen LogP contribution in [0.15, 0.2) is 0 Å². The van der Waals surface area contributed by atoms with Gasteiger partial charge < -0.3 is 10.5 Å². The Hall–Kier alpha value is -0.120. The van der Waals surface area contributed by atoms with Crippen molar-refractivity contribution in [2.75, 3.05) is 32.8 Å². The Morgan fingerprint density at radius 2 is 1.92 bits per heavy atom. The van der Waals surface area contributed by atoms with Gasteiger partial charge in [0.25, 0.3) is 0 Å². The maximum Gasteiger partial charge on any atom is 0.0594 e. The highest BCUT2D eigenvalue weighted by Gasteiger charge is 2.37. The molecule has 0 amide bonds. The van der Waals surface area contributed by atoms with Crippen molar-refractivity contribution < 1.29 is 4.74 Å². The molecule has 2 rings (SSSR count). The molecule has 2 N–H and O–H groups in total. The van der Waals surface area contributed by atoms with Crippen LogP contribution in [-0.2, 0) is 4.74 Å². The minimum Gasteiger partial charge on any atom is -0.379 e. The molecule has 1 heterocycles. The Morgan fingerprint density at radius 1 is 1.23 bits per heavy atom. The van der Waals surface area contributed by atoms with Crippen molar-refractivity contribution >= 4 is 0 Å². The van der Waals surface area contributed by atoms with Crippen LogP contribution in [-0.4, -0.2) is 43.3 Å². The molecule has 2 aliphatic rings. The van der Waals surface area contributed by atoms with Gasteiger partial charge in [-0.1, -0.05) is 0 Å². The Labute approximate surface area is 80.2 Å². The second-order valence-corrected chi connectivity index (χ2v) is 4.42. The van der Waals surface area contributed by atoms with Crippen molar-refractivity contribution in [3.63, 3.8) is 0 Å². The van der Waals surface area contributed by atoms with Crippen LogP contribution in [0.4, 0.5) is 0 Å². The third-order valence-electron chi connectivity index (χ3n) is 3.14. The largest absolute Gasteiger partial charge is 0.379 e. The monoisotopic (exact) mass is 184 g/mol. The molecule has 0 radical (unpaired) electrons. The molecule has 1 aliphatic heterocycles. The summed E-state index contributed by atoms with van der Waals surface area (Å²) < 4.78 is 5.29. The van der Waals surface area contributed by atoms with E-state index < -0.39 is 0 Å². The van der Waals surface area contributed by atoms with E-state index in [0.29, 0.717) is 0 Å². The topological polar surface area (TPSA) is 38.5 Å². The minimum absolute atomic E-state index is 0.242. The van der Waals surface area contributed by atoms with E-state index >= 15 is 0 Å². The van der Waals surface area contributed by atoms with Crippen molar-refractivity contribution in [1.29, 1.82) is 0 Å². The quantitative estimate of drug-likeness (QED) is 0.695. The number of nitrogens with two attached hydrogens (primary N) is 1. The van der Waals surface area contributed by atoms with Crippen molar-refractivity contribution in [3.05, 3.63) is 0 Å².